The molecule has 10 heteroatoms. The highest BCUT2D eigenvalue weighted by molar-refractivity contribution is 7.87. The highest BCUT2D eigenvalue weighted by Crippen LogP contribution is 2.47. The van der Waals surface area contributed by atoms with Crippen LogP contribution >= 0.6 is 46.4 Å². The Kier molecular flexibility index (Phi) is 5.98. The molecule has 0 atom stereocenters. The molecular weight excluding hydrogens is 482 g/mol. The van der Waals surface area contributed by atoms with Crippen molar-refractivity contribution in [2.24, 2.45) is 0 Å². The summed E-state index contributed by atoms with van der Waals surface area (Å²) in [6.45, 7) is 0. The zero-order valence-corrected chi connectivity index (χ0v) is 18.1. The zero-order valence-electron chi connectivity index (χ0n) is 14.3. The van der Waals surface area contributed by atoms with E-state index < -0.39 is 26.4 Å². The van der Waals surface area contributed by atoms with Gasteiger partial charge < -0.3 is 10.2 Å². The fourth-order valence-corrected chi connectivity index (χ4v) is 5.51. The number of benzene rings is 3. The van der Waals surface area contributed by atoms with Crippen LogP contribution in [0.3, 0.4) is 0 Å². The minimum atomic E-state index is -5.01. The molecule has 0 saturated carbocycles. The zero-order chi connectivity index (χ0) is 21.6. The monoisotopic (exact) mass is 492 g/mol. The van der Waals surface area contributed by atoms with Crippen molar-refractivity contribution in [1.29, 1.82) is 0 Å². The van der Waals surface area contributed by atoms with Gasteiger partial charge in [0.15, 0.2) is 16.2 Å². The fourth-order valence-electron chi connectivity index (χ4n) is 3.20. The van der Waals surface area contributed by atoms with E-state index >= 15 is 0 Å². The molecule has 0 bridgehead atoms. The molecule has 0 amide bonds. The molecule has 152 valence electrons. The van der Waals surface area contributed by atoms with E-state index in [1.165, 1.54) is 42.5 Å². The van der Waals surface area contributed by atoms with Gasteiger partial charge >= 0.3 is 0 Å². The van der Waals surface area contributed by atoms with Crippen molar-refractivity contribution in [3.63, 3.8) is 0 Å². The van der Waals surface area contributed by atoms with Crippen LogP contribution in [0.4, 0.5) is 0 Å². The first-order valence-electron chi connectivity index (χ1n) is 7.88. The van der Waals surface area contributed by atoms with E-state index in [2.05, 4.69) is 0 Å². The van der Waals surface area contributed by atoms with Crippen LogP contribution in [0.1, 0.15) is 16.7 Å². The molecule has 0 spiro atoms. The Balaban J connectivity index is 2.57. The van der Waals surface area contributed by atoms with Crippen LogP contribution in [0.25, 0.3) is 0 Å². The van der Waals surface area contributed by atoms with E-state index in [1.807, 2.05) is 0 Å². The molecule has 5 nitrogen and oxygen atoms in total. The lowest BCUT2D eigenvalue weighted by Crippen LogP contribution is -2.38. The summed E-state index contributed by atoms with van der Waals surface area (Å²) in [6, 6.07) is 11.3. The largest absolute Gasteiger partial charge is 0.504 e. The summed E-state index contributed by atoms with van der Waals surface area (Å²) in [7, 11) is -5.01. The average molecular weight is 494 g/mol. The molecule has 3 aromatic rings. The lowest BCUT2D eigenvalue weighted by atomic mass is 9.83. The van der Waals surface area contributed by atoms with Gasteiger partial charge in [-0.15, -0.1) is 0 Å². The number of hydrogen-bond acceptors (Lipinski definition) is 4. The molecular formula is C19H12Cl4O5S. The lowest BCUT2D eigenvalue weighted by molar-refractivity contribution is 0.402. The average Bonchev–Trinajstić information content (AvgIpc) is 2.55. The van der Waals surface area contributed by atoms with Crippen molar-refractivity contribution in [1.82, 2.24) is 0 Å². The summed E-state index contributed by atoms with van der Waals surface area (Å²) in [5.41, 5.74) is -0.159. The van der Waals surface area contributed by atoms with Crippen molar-refractivity contribution < 1.29 is 23.2 Å². The Morgan fingerprint density at radius 3 is 1.38 bits per heavy atom. The number of phenols is 2. The van der Waals surface area contributed by atoms with E-state index in [-0.39, 0.29) is 36.8 Å². The molecule has 0 aliphatic rings. The molecule has 0 radical (unpaired) electrons. The molecule has 0 unspecified atom stereocenters. The highest BCUT2D eigenvalue weighted by atomic mass is 35.5. The van der Waals surface area contributed by atoms with Crippen LogP contribution in [-0.4, -0.2) is 23.2 Å². The summed E-state index contributed by atoms with van der Waals surface area (Å²) in [6.07, 6.45) is 0. The van der Waals surface area contributed by atoms with Crippen LogP contribution in [0, 0.1) is 0 Å². The van der Waals surface area contributed by atoms with E-state index in [9.17, 15) is 23.2 Å². The normalized spacial score (nSPS) is 12.2. The molecule has 3 rings (SSSR count). The van der Waals surface area contributed by atoms with Crippen LogP contribution in [0.2, 0.25) is 20.1 Å². The van der Waals surface area contributed by atoms with E-state index in [0.29, 0.717) is 0 Å². The summed E-state index contributed by atoms with van der Waals surface area (Å²) < 4.78 is 34.0. The number of aromatic hydroxyl groups is 2. The third-order valence-corrected chi connectivity index (χ3v) is 6.66. The van der Waals surface area contributed by atoms with E-state index in [0.717, 1.165) is 12.1 Å². The topological polar surface area (TPSA) is 94.8 Å². The third kappa shape index (κ3) is 4.01. The predicted molar refractivity (Wildman–Crippen MR) is 114 cm³/mol. The van der Waals surface area contributed by atoms with E-state index in [4.69, 9.17) is 46.4 Å². The second-order valence-corrected chi connectivity index (χ2v) is 9.48. The maximum atomic E-state index is 12.9. The summed E-state index contributed by atoms with van der Waals surface area (Å²) in [5, 5.41) is 20.1. The van der Waals surface area contributed by atoms with Gasteiger partial charge in [0.05, 0.1) is 0 Å². The quantitative estimate of drug-likeness (QED) is 0.239. The first-order chi connectivity index (χ1) is 13.4. The first kappa shape index (κ1) is 22.0. The SMILES string of the molecule is O=S(=O)(O)C(c1cc(Cl)cc(Cl)c1)(c1cc(Cl)cc(Cl)c1)c1ccc(O)c(O)c1. The van der Waals surface area contributed by atoms with Crippen LogP contribution in [0.5, 0.6) is 11.5 Å². The second-order valence-electron chi connectivity index (χ2n) is 6.18. The first-order valence-corrected chi connectivity index (χ1v) is 10.8. The predicted octanol–water partition coefficient (Wildman–Crippen LogP) is 5.89. The van der Waals surface area contributed by atoms with E-state index in [1.54, 1.807) is 0 Å². The van der Waals surface area contributed by atoms with Crippen molar-refractivity contribution >= 4 is 56.5 Å². The van der Waals surface area contributed by atoms with Crippen LogP contribution in [-0.2, 0) is 14.9 Å². The molecule has 0 saturated heterocycles. The van der Waals surface area contributed by atoms with Crippen LogP contribution in [0.15, 0.2) is 54.6 Å². The van der Waals surface area contributed by atoms with Gasteiger partial charge in [-0.2, -0.15) is 8.42 Å². The smallest absolute Gasteiger partial charge is 0.283 e. The summed E-state index contributed by atoms with van der Waals surface area (Å²) in [5.74, 6) is -1.08. The molecule has 3 aromatic carbocycles. The Labute approximate surface area is 186 Å². The number of phenolic OH excluding ortho intramolecular Hbond substituents is 2. The maximum Gasteiger partial charge on any atom is 0.283 e. The minimum Gasteiger partial charge on any atom is -0.504 e. The number of rotatable bonds is 4. The fraction of sp³-hybridized carbons (Fsp3) is 0.0526. The van der Waals surface area contributed by atoms with Crippen molar-refractivity contribution in [3.05, 3.63) is 91.4 Å². The van der Waals surface area contributed by atoms with Gasteiger partial charge in [-0.05, 0) is 65.2 Å². The van der Waals surface area contributed by atoms with Gasteiger partial charge in [0, 0.05) is 20.1 Å². The van der Waals surface area contributed by atoms with Crippen molar-refractivity contribution in [2.45, 2.75) is 4.75 Å². The molecule has 29 heavy (non-hydrogen) atoms. The van der Waals surface area contributed by atoms with Gasteiger partial charge in [-0.1, -0.05) is 52.5 Å². The van der Waals surface area contributed by atoms with Crippen LogP contribution < -0.4 is 0 Å². The van der Waals surface area contributed by atoms with Gasteiger partial charge in [0.2, 0.25) is 0 Å². The minimum absolute atomic E-state index is 0.0269. The molecule has 0 heterocycles. The molecule has 0 aliphatic heterocycles. The van der Waals surface area contributed by atoms with Gasteiger partial charge in [-0.25, -0.2) is 0 Å². The molecule has 0 aliphatic carbocycles. The molecule has 0 fully saturated rings. The van der Waals surface area contributed by atoms with Gasteiger partial charge in [0.25, 0.3) is 10.1 Å². The highest BCUT2D eigenvalue weighted by Gasteiger charge is 2.49. The molecule has 0 aromatic heterocycles. The Morgan fingerprint density at radius 2 is 1.03 bits per heavy atom. The Hall–Kier alpha value is -1.67. The summed E-state index contributed by atoms with van der Waals surface area (Å²) in [4.78, 5) is 0. The van der Waals surface area contributed by atoms with Gasteiger partial charge in [0.1, 0.15) is 0 Å². The summed E-state index contributed by atoms with van der Waals surface area (Å²) >= 11 is 24.4. The Morgan fingerprint density at radius 1 is 0.621 bits per heavy atom. The third-order valence-electron chi connectivity index (χ3n) is 4.31. The molecule has 3 N–H and O–H groups in total. The standard InChI is InChI=1S/C19H12Cl4O5S/c20-13-3-11(4-14(21)8-13)19(29(26,27)28,10-1-2-17(24)18(25)7-10)12-5-15(22)9-16(23)6-12/h1-9,24-25H,(H,26,27,28). The number of halogens is 4. The number of hydrogen-bond donors (Lipinski definition) is 3. The van der Waals surface area contributed by atoms with Gasteiger partial charge in [-0.3, -0.25) is 4.55 Å². The van der Waals surface area contributed by atoms with Crippen molar-refractivity contribution in [2.75, 3.05) is 0 Å². The second kappa shape index (κ2) is 7.87. The lowest BCUT2D eigenvalue weighted by Gasteiger charge is -2.33. The maximum absolute atomic E-state index is 12.9. The Bertz CT molecular complexity index is 1120. The van der Waals surface area contributed by atoms with Crippen molar-refractivity contribution in [3.8, 4) is 11.5 Å².